The minimum atomic E-state index is 0.114. The van der Waals surface area contributed by atoms with E-state index in [2.05, 4.69) is 44.4 Å². The van der Waals surface area contributed by atoms with Crippen LogP contribution in [0.1, 0.15) is 47.5 Å². The van der Waals surface area contributed by atoms with E-state index in [0.29, 0.717) is 30.7 Å². The zero-order chi connectivity index (χ0) is 15.9. The maximum atomic E-state index is 11.9. The van der Waals surface area contributed by atoms with Gasteiger partial charge in [0.25, 0.3) is 0 Å². The standard InChI is InChI=1S/C12H23NO.C3H7NO2/c1-9-6-10(2)13(8-9)11(14)7-12(3,4)5;1-4(3-5)6-2/h9-10H,6-8H2,1-5H3;3H,1-2H3. The molecule has 2 atom stereocenters. The average Bonchev–Trinajstić information content (AvgIpc) is 2.66. The molecule has 1 fully saturated rings. The minimum Gasteiger partial charge on any atom is -0.340 e. The van der Waals surface area contributed by atoms with Gasteiger partial charge in [-0.05, 0) is 24.7 Å². The predicted molar refractivity (Wildman–Crippen MR) is 79.9 cm³/mol. The van der Waals surface area contributed by atoms with E-state index < -0.39 is 0 Å². The molecule has 2 unspecified atom stereocenters. The van der Waals surface area contributed by atoms with E-state index in [-0.39, 0.29) is 5.41 Å². The number of carbonyl (C=O) groups is 2. The summed E-state index contributed by atoms with van der Waals surface area (Å²) in [5, 5.41) is 1.07. The zero-order valence-electron chi connectivity index (χ0n) is 14.0. The SMILES string of the molecule is CC1CC(C)N(C(=O)CC(C)(C)C)C1.CON(C)C=O. The van der Waals surface area contributed by atoms with Crippen LogP contribution in [0.5, 0.6) is 0 Å². The van der Waals surface area contributed by atoms with Gasteiger partial charge in [-0.25, -0.2) is 5.06 Å². The van der Waals surface area contributed by atoms with Gasteiger partial charge in [0.15, 0.2) is 0 Å². The molecule has 5 nitrogen and oxygen atoms in total. The third-order valence-corrected chi connectivity index (χ3v) is 3.22. The van der Waals surface area contributed by atoms with Gasteiger partial charge in [0.2, 0.25) is 12.3 Å². The second-order valence-electron chi connectivity index (χ2n) is 6.81. The van der Waals surface area contributed by atoms with E-state index in [9.17, 15) is 9.59 Å². The molecule has 1 rings (SSSR count). The largest absolute Gasteiger partial charge is 0.340 e. The van der Waals surface area contributed by atoms with Crippen LogP contribution in [0.2, 0.25) is 0 Å². The summed E-state index contributed by atoms with van der Waals surface area (Å²) >= 11 is 0. The van der Waals surface area contributed by atoms with Gasteiger partial charge in [0.05, 0.1) is 7.11 Å². The number of hydrogen-bond acceptors (Lipinski definition) is 3. The van der Waals surface area contributed by atoms with Crippen molar-refractivity contribution < 1.29 is 14.4 Å². The summed E-state index contributed by atoms with van der Waals surface area (Å²) in [5.74, 6) is 1.00. The number of hydroxylamine groups is 2. The number of nitrogens with zero attached hydrogens (tertiary/aromatic N) is 2. The Bertz CT molecular complexity index is 313. The lowest BCUT2D eigenvalue weighted by Gasteiger charge is -2.26. The van der Waals surface area contributed by atoms with Gasteiger partial charge < -0.3 is 4.90 Å². The van der Waals surface area contributed by atoms with Crippen molar-refractivity contribution in [3.05, 3.63) is 0 Å². The zero-order valence-corrected chi connectivity index (χ0v) is 14.0. The summed E-state index contributed by atoms with van der Waals surface area (Å²) in [6.45, 7) is 11.7. The van der Waals surface area contributed by atoms with Crippen molar-refractivity contribution in [3.8, 4) is 0 Å². The number of rotatable bonds is 3. The topological polar surface area (TPSA) is 49.9 Å². The molecule has 0 aromatic carbocycles. The van der Waals surface area contributed by atoms with Crippen LogP contribution in [0.3, 0.4) is 0 Å². The first-order valence-corrected chi connectivity index (χ1v) is 7.12. The van der Waals surface area contributed by atoms with Crippen LogP contribution in [0.15, 0.2) is 0 Å². The molecule has 5 heteroatoms. The lowest BCUT2D eigenvalue weighted by Crippen LogP contribution is -2.36. The molecule has 0 aromatic heterocycles. The molecule has 0 saturated carbocycles. The fourth-order valence-corrected chi connectivity index (χ4v) is 2.25. The summed E-state index contributed by atoms with van der Waals surface area (Å²) in [7, 11) is 2.95. The number of amides is 2. The molecule has 1 heterocycles. The Morgan fingerprint density at radius 2 is 1.95 bits per heavy atom. The Balaban J connectivity index is 0.000000511. The molecule has 0 bridgehead atoms. The van der Waals surface area contributed by atoms with Crippen molar-refractivity contribution in [3.63, 3.8) is 0 Å². The maximum absolute atomic E-state index is 11.9. The molecule has 20 heavy (non-hydrogen) atoms. The molecule has 118 valence electrons. The number of carbonyl (C=O) groups excluding carboxylic acids is 2. The Kier molecular flexibility index (Phi) is 7.79. The number of likely N-dealkylation sites (tertiary alicyclic amines) is 1. The molecule has 0 spiro atoms. The van der Waals surface area contributed by atoms with E-state index in [0.717, 1.165) is 18.0 Å². The number of hydrogen-bond donors (Lipinski definition) is 0. The maximum Gasteiger partial charge on any atom is 0.233 e. The van der Waals surface area contributed by atoms with Gasteiger partial charge in [-0.2, -0.15) is 0 Å². The van der Waals surface area contributed by atoms with Crippen molar-refractivity contribution in [1.29, 1.82) is 0 Å². The van der Waals surface area contributed by atoms with Crippen molar-refractivity contribution in [1.82, 2.24) is 9.96 Å². The van der Waals surface area contributed by atoms with Gasteiger partial charge in [-0.3, -0.25) is 14.4 Å². The second-order valence-corrected chi connectivity index (χ2v) is 6.81. The van der Waals surface area contributed by atoms with Crippen LogP contribution in [0.4, 0.5) is 0 Å². The smallest absolute Gasteiger partial charge is 0.233 e. The Morgan fingerprint density at radius 3 is 2.20 bits per heavy atom. The van der Waals surface area contributed by atoms with E-state index >= 15 is 0 Å². The fourth-order valence-electron chi connectivity index (χ4n) is 2.25. The Hall–Kier alpha value is -1.10. The molecule has 1 saturated heterocycles. The molecular weight excluding hydrogens is 256 g/mol. The van der Waals surface area contributed by atoms with E-state index in [1.807, 2.05) is 0 Å². The first-order chi connectivity index (χ1) is 9.10. The molecule has 0 aliphatic carbocycles. The summed E-state index contributed by atoms with van der Waals surface area (Å²) in [5.41, 5.74) is 0.114. The van der Waals surface area contributed by atoms with E-state index in [1.54, 1.807) is 0 Å². The monoisotopic (exact) mass is 286 g/mol. The van der Waals surface area contributed by atoms with Crippen LogP contribution >= 0.6 is 0 Å². The van der Waals surface area contributed by atoms with Crippen LogP contribution in [-0.2, 0) is 14.4 Å². The summed E-state index contributed by atoms with van der Waals surface area (Å²) in [6.07, 6.45) is 2.42. The quantitative estimate of drug-likeness (QED) is 0.591. The third-order valence-electron chi connectivity index (χ3n) is 3.22. The third kappa shape index (κ3) is 7.48. The Morgan fingerprint density at radius 1 is 1.40 bits per heavy atom. The first-order valence-electron chi connectivity index (χ1n) is 7.12. The second kappa shape index (κ2) is 8.25. The molecule has 1 aliphatic rings. The molecule has 0 N–H and O–H groups in total. The molecule has 2 amide bonds. The highest BCUT2D eigenvalue weighted by Gasteiger charge is 2.31. The van der Waals surface area contributed by atoms with Crippen molar-refractivity contribution in [2.45, 2.75) is 53.5 Å². The summed E-state index contributed by atoms with van der Waals surface area (Å²) < 4.78 is 0. The van der Waals surface area contributed by atoms with Crippen molar-refractivity contribution in [2.24, 2.45) is 11.3 Å². The highest BCUT2D eigenvalue weighted by Crippen LogP contribution is 2.26. The van der Waals surface area contributed by atoms with Crippen molar-refractivity contribution >= 4 is 12.3 Å². The summed E-state index contributed by atoms with van der Waals surface area (Å²) in [4.78, 5) is 27.9. The molecule has 1 aliphatic heterocycles. The van der Waals surface area contributed by atoms with Crippen LogP contribution < -0.4 is 0 Å². The predicted octanol–water partition coefficient (Wildman–Crippen LogP) is 2.32. The van der Waals surface area contributed by atoms with Crippen molar-refractivity contribution in [2.75, 3.05) is 20.7 Å². The molecular formula is C15H30N2O3. The average molecular weight is 286 g/mol. The van der Waals surface area contributed by atoms with Gasteiger partial charge in [-0.15, -0.1) is 0 Å². The summed E-state index contributed by atoms with van der Waals surface area (Å²) in [6, 6.07) is 0.444. The van der Waals surface area contributed by atoms with E-state index in [4.69, 9.17) is 0 Å². The fraction of sp³-hybridized carbons (Fsp3) is 0.867. The lowest BCUT2D eigenvalue weighted by molar-refractivity contribution is -0.153. The minimum absolute atomic E-state index is 0.114. The van der Waals surface area contributed by atoms with Crippen LogP contribution in [0.25, 0.3) is 0 Å². The van der Waals surface area contributed by atoms with Gasteiger partial charge in [0, 0.05) is 26.1 Å². The Labute approximate surface area is 123 Å². The first kappa shape index (κ1) is 18.9. The highest BCUT2D eigenvalue weighted by atomic mass is 16.7. The van der Waals surface area contributed by atoms with Gasteiger partial charge in [0.1, 0.15) is 0 Å². The highest BCUT2D eigenvalue weighted by molar-refractivity contribution is 5.77. The lowest BCUT2D eigenvalue weighted by atomic mass is 9.91. The van der Waals surface area contributed by atoms with Gasteiger partial charge in [-0.1, -0.05) is 27.7 Å². The molecule has 0 radical (unpaired) electrons. The van der Waals surface area contributed by atoms with Crippen LogP contribution in [0, 0.1) is 11.3 Å². The van der Waals surface area contributed by atoms with Crippen LogP contribution in [-0.4, -0.2) is 49.0 Å². The van der Waals surface area contributed by atoms with E-state index in [1.165, 1.54) is 14.2 Å². The van der Waals surface area contributed by atoms with Gasteiger partial charge >= 0.3 is 0 Å². The molecule has 0 aromatic rings. The normalized spacial score (nSPS) is 22.1.